The minimum Gasteiger partial charge on any atom is -0.320 e. The number of amides is 2. The van der Waals surface area contributed by atoms with Gasteiger partial charge in [-0.3, -0.25) is 5.10 Å². The van der Waals surface area contributed by atoms with Crippen LogP contribution in [0.15, 0.2) is 18.2 Å². The summed E-state index contributed by atoms with van der Waals surface area (Å²) in [7, 11) is 0. The second-order valence-corrected chi connectivity index (χ2v) is 8.12. The van der Waals surface area contributed by atoms with Crippen LogP contribution in [0.1, 0.15) is 42.6 Å². The Morgan fingerprint density at radius 2 is 2.35 bits per heavy atom. The Morgan fingerprint density at radius 1 is 1.46 bits per heavy atom. The number of aromatic nitrogens is 2. The first-order valence-corrected chi connectivity index (χ1v) is 9.52. The Hall–Kier alpha value is -2.08. The topological polar surface area (TPSA) is 61.0 Å². The Bertz CT molecular complexity index is 898. The van der Waals surface area contributed by atoms with Crippen molar-refractivity contribution in [3.8, 4) is 0 Å². The molecule has 0 bridgehead atoms. The SMILES string of the molecule is O=C(Nc1ccc(F)c(Cl)c1)N1CCc2[nH]nc(C34CCCC3C4)c2C1. The van der Waals surface area contributed by atoms with Gasteiger partial charge in [0.2, 0.25) is 0 Å². The normalized spacial score (nSPS) is 26.4. The van der Waals surface area contributed by atoms with E-state index in [1.54, 1.807) is 4.90 Å². The number of fused-ring (bicyclic) bond motifs is 2. The van der Waals surface area contributed by atoms with Gasteiger partial charge < -0.3 is 10.2 Å². The number of aromatic amines is 1. The van der Waals surface area contributed by atoms with Gasteiger partial charge in [-0.15, -0.1) is 0 Å². The zero-order valence-electron chi connectivity index (χ0n) is 14.3. The predicted molar refractivity (Wildman–Crippen MR) is 96.8 cm³/mol. The molecule has 2 unspecified atom stereocenters. The van der Waals surface area contributed by atoms with Gasteiger partial charge in [0.05, 0.1) is 17.3 Å². The molecule has 2 saturated carbocycles. The molecule has 2 aliphatic carbocycles. The number of anilines is 1. The molecule has 5 rings (SSSR count). The molecule has 2 heterocycles. The van der Waals surface area contributed by atoms with Crippen LogP contribution in [0.4, 0.5) is 14.9 Å². The first-order valence-electron chi connectivity index (χ1n) is 9.14. The fourth-order valence-corrected chi connectivity index (χ4v) is 4.97. The van der Waals surface area contributed by atoms with Crippen LogP contribution in [0, 0.1) is 11.7 Å². The molecule has 26 heavy (non-hydrogen) atoms. The van der Waals surface area contributed by atoms with Gasteiger partial charge in [0, 0.05) is 35.3 Å². The fraction of sp³-hybridized carbons (Fsp3) is 0.474. The Kier molecular flexibility index (Phi) is 3.54. The zero-order valence-corrected chi connectivity index (χ0v) is 15.1. The Morgan fingerprint density at radius 3 is 3.08 bits per heavy atom. The first-order chi connectivity index (χ1) is 12.6. The van der Waals surface area contributed by atoms with E-state index in [1.165, 1.54) is 60.8 Å². The summed E-state index contributed by atoms with van der Waals surface area (Å²) in [6, 6.07) is 4.01. The van der Waals surface area contributed by atoms with E-state index < -0.39 is 5.82 Å². The standard InChI is InChI=1S/C19H20ClFN4O/c20-14-8-12(3-4-15(14)21)22-18(26)25-7-5-16-13(10-25)17(24-23-16)19-6-1-2-11(19)9-19/h3-4,8,11H,1-2,5-7,9-10H2,(H,22,26)(H,23,24). The van der Waals surface area contributed by atoms with Crippen molar-refractivity contribution in [2.45, 2.75) is 44.1 Å². The van der Waals surface area contributed by atoms with Crippen molar-refractivity contribution in [3.63, 3.8) is 0 Å². The molecule has 3 aliphatic rings. The molecule has 2 N–H and O–H groups in total. The van der Waals surface area contributed by atoms with Crippen LogP contribution in [0.25, 0.3) is 0 Å². The van der Waals surface area contributed by atoms with Crippen LogP contribution >= 0.6 is 11.6 Å². The number of carbonyl (C=O) groups is 1. The molecule has 0 spiro atoms. The van der Waals surface area contributed by atoms with Gasteiger partial charge in [-0.2, -0.15) is 5.10 Å². The largest absolute Gasteiger partial charge is 0.322 e. The highest BCUT2D eigenvalue weighted by Gasteiger charge is 2.60. The molecule has 2 amide bonds. The van der Waals surface area contributed by atoms with Crippen LogP contribution < -0.4 is 5.32 Å². The predicted octanol–water partition coefficient (Wildman–Crippen LogP) is 4.23. The number of rotatable bonds is 2. The maximum Gasteiger partial charge on any atom is 0.322 e. The second kappa shape index (κ2) is 5.71. The average molecular weight is 375 g/mol. The summed E-state index contributed by atoms with van der Waals surface area (Å²) in [6.07, 6.45) is 5.82. The van der Waals surface area contributed by atoms with Gasteiger partial charge in [0.15, 0.2) is 0 Å². The maximum atomic E-state index is 13.3. The van der Waals surface area contributed by atoms with Crippen molar-refractivity contribution in [1.82, 2.24) is 15.1 Å². The Labute approximate surface area is 155 Å². The summed E-state index contributed by atoms with van der Waals surface area (Å²) in [5, 5.41) is 10.7. The van der Waals surface area contributed by atoms with Gasteiger partial charge in [-0.1, -0.05) is 18.0 Å². The molecular weight excluding hydrogens is 355 g/mol. The van der Waals surface area contributed by atoms with Crippen LogP contribution in [0.2, 0.25) is 5.02 Å². The smallest absolute Gasteiger partial charge is 0.320 e. The molecule has 5 nitrogen and oxygen atoms in total. The fourth-order valence-electron chi connectivity index (χ4n) is 4.79. The van der Waals surface area contributed by atoms with E-state index in [9.17, 15) is 9.18 Å². The molecule has 2 fully saturated rings. The minimum atomic E-state index is -0.495. The van der Waals surface area contributed by atoms with E-state index in [4.69, 9.17) is 11.6 Å². The third-order valence-corrected chi connectivity index (χ3v) is 6.56. The van der Waals surface area contributed by atoms with Crippen molar-refractivity contribution in [1.29, 1.82) is 0 Å². The number of benzene rings is 1. The highest BCUT2D eigenvalue weighted by Crippen LogP contribution is 2.64. The number of hydrogen-bond donors (Lipinski definition) is 2. The molecule has 2 aromatic rings. The molecule has 1 aliphatic heterocycles. The number of nitrogens with zero attached hydrogens (tertiary/aromatic N) is 2. The molecule has 0 saturated heterocycles. The molecular formula is C19H20ClFN4O. The average Bonchev–Trinajstić information content (AvgIpc) is 3.00. The van der Waals surface area contributed by atoms with E-state index in [-0.39, 0.29) is 16.5 Å². The van der Waals surface area contributed by atoms with Gasteiger partial charge in [-0.05, 0) is 43.4 Å². The summed E-state index contributed by atoms with van der Waals surface area (Å²) in [5.41, 5.74) is 4.33. The van der Waals surface area contributed by atoms with Crippen molar-refractivity contribution in [2.24, 2.45) is 5.92 Å². The van der Waals surface area contributed by atoms with Gasteiger partial charge in [0.1, 0.15) is 5.82 Å². The van der Waals surface area contributed by atoms with Crippen molar-refractivity contribution in [2.75, 3.05) is 11.9 Å². The summed E-state index contributed by atoms with van der Waals surface area (Å²) in [5.74, 6) is 0.283. The van der Waals surface area contributed by atoms with Crippen LogP contribution in [-0.2, 0) is 18.4 Å². The number of carbonyl (C=O) groups excluding carboxylic acids is 1. The van der Waals surface area contributed by atoms with Crippen molar-refractivity contribution in [3.05, 3.63) is 46.0 Å². The minimum absolute atomic E-state index is 0.000889. The summed E-state index contributed by atoms with van der Waals surface area (Å²) in [6.45, 7) is 1.20. The quantitative estimate of drug-likeness (QED) is 0.826. The van der Waals surface area contributed by atoms with Crippen molar-refractivity contribution >= 4 is 23.3 Å². The van der Waals surface area contributed by atoms with E-state index in [0.29, 0.717) is 18.8 Å². The number of nitrogens with one attached hydrogen (secondary N) is 2. The van der Waals surface area contributed by atoms with Crippen LogP contribution in [-0.4, -0.2) is 27.7 Å². The van der Waals surface area contributed by atoms with E-state index in [1.807, 2.05) is 0 Å². The molecule has 2 atom stereocenters. The lowest BCUT2D eigenvalue weighted by Gasteiger charge is -2.28. The van der Waals surface area contributed by atoms with Crippen LogP contribution in [0.3, 0.4) is 0 Å². The summed E-state index contributed by atoms with van der Waals surface area (Å²) in [4.78, 5) is 14.5. The maximum absolute atomic E-state index is 13.3. The van der Waals surface area contributed by atoms with Crippen molar-refractivity contribution < 1.29 is 9.18 Å². The lowest BCUT2D eigenvalue weighted by Crippen LogP contribution is -2.39. The highest BCUT2D eigenvalue weighted by atomic mass is 35.5. The monoisotopic (exact) mass is 374 g/mol. The van der Waals surface area contributed by atoms with E-state index in [2.05, 4.69) is 15.5 Å². The molecule has 1 aromatic heterocycles. The summed E-state index contributed by atoms with van der Waals surface area (Å²) < 4.78 is 13.3. The molecule has 136 valence electrons. The third kappa shape index (κ3) is 2.42. The van der Waals surface area contributed by atoms with Gasteiger partial charge in [-0.25, -0.2) is 9.18 Å². The summed E-state index contributed by atoms with van der Waals surface area (Å²) >= 11 is 5.80. The highest BCUT2D eigenvalue weighted by molar-refractivity contribution is 6.31. The number of hydrogen-bond acceptors (Lipinski definition) is 2. The second-order valence-electron chi connectivity index (χ2n) is 7.71. The number of H-pyrrole nitrogens is 1. The van der Waals surface area contributed by atoms with Gasteiger partial charge in [0.25, 0.3) is 0 Å². The van der Waals surface area contributed by atoms with E-state index in [0.717, 1.165) is 12.3 Å². The molecule has 1 aromatic carbocycles. The number of urea groups is 1. The zero-order chi connectivity index (χ0) is 17.9. The lowest BCUT2D eigenvalue weighted by molar-refractivity contribution is 0.206. The van der Waals surface area contributed by atoms with E-state index >= 15 is 0 Å². The Balaban J connectivity index is 1.34. The first kappa shape index (κ1) is 16.1. The van der Waals surface area contributed by atoms with Crippen LogP contribution in [0.5, 0.6) is 0 Å². The molecule has 7 heteroatoms. The third-order valence-electron chi connectivity index (χ3n) is 6.27. The number of halogens is 2. The van der Waals surface area contributed by atoms with Gasteiger partial charge >= 0.3 is 6.03 Å². The lowest BCUT2D eigenvalue weighted by atomic mass is 9.92. The molecule has 0 radical (unpaired) electrons.